The van der Waals surface area contributed by atoms with E-state index in [2.05, 4.69) is 15.8 Å². The van der Waals surface area contributed by atoms with E-state index in [4.69, 9.17) is 9.26 Å². The first kappa shape index (κ1) is 18.5. The second-order valence-electron chi connectivity index (χ2n) is 6.75. The average molecular weight is 357 g/mol. The monoisotopic (exact) mass is 357 g/mol. The molecule has 1 fully saturated rings. The number of nitrogens with one attached hydrogen (secondary N) is 2. The fourth-order valence-electron chi connectivity index (χ4n) is 3.26. The molecule has 3 rings (SSSR count). The third kappa shape index (κ3) is 5.33. The molecule has 0 bridgehead atoms. The van der Waals surface area contributed by atoms with E-state index in [1.807, 2.05) is 24.3 Å². The highest BCUT2D eigenvalue weighted by atomic mass is 16.5. The Balaban J connectivity index is 1.40. The molecule has 0 radical (unpaired) electrons. The molecule has 1 aliphatic rings. The molecule has 1 saturated carbocycles. The van der Waals surface area contributed by atoms with Crippen LogP contribution in [-0.2, 0) is 13.0 Å². The van der Waals surface area contributed by atoms with Crippen molar-refractivity contribution in [1.82, 2.24) is 15.8 Å². The molecule has 0 aliphatic heterocycles. The number of hydrogen-bond donors (Lipinski definition) is 2. The number of ether oxygens (including phenoxy) is 1. The van der Waals surface area contributed by atoms with Crippen LogP contribution in [0.3, 0.4) is 0 Å². The van der Waals surface area contributed by atoms with Gasteiger partial charge < -0.3 is 19.9 Å². The van der Waals surface area contributed by atoms with Crippen LogP contribution in [-0.4, -0.2) is 30.8 Å². The highest BCUT2D eigenvalue weighted by Gasteiger charge is 2.15. The summed E-state index contributed by atoms with van der Waals surface area (Å²) in [5.74, 6) is 1.33. The topological polar surface area (TPSA) is 76.4 Å². The minimum atomic E-state index is -0.203. The minimum Gasteiger partial charge on any atom is -0.497 e. The van der Waals surface area contributed by atoms with Crippen molar-refractivity contribution in [2.75, 3.05) is 13.7 Å². The van der Waals surface area contributed by atoms with Crippen LogP contribution in [0.1, 0.15) is 53.9 Å². The van der Waals surface area contributed by atoms with Gasteiger partial charge in [0.05, 0.1) is 13.7 Å². The predicted octanol–water partition coefficient (Wildman–Crippen LogP) is 3.08. The van der Waals surface area contributed by atoms with Crippen LogP contribution in [0.25, 0.3) is 0 Å². The van der Waals surface area contributed by atoms with E-state index in [9.17, 15) is 4.79 Å². The van der Waals surface area contributed by atoms with Crippen molar-refractivity contribution in [2.45, 2.75) is 51.1 Å². The summed E-state index contributed by atoms with van der Waals surface area (Å²) in [5.41, 5.74) is 1.48. The van der Waals surface area contributed by atoms with Gasteiger partial charge in [-0.3, -0.25) is 4.79 Å². The highest BCUT2D eigenvalue weighted by Crippen LogP contribution is 2.18. The fourth-order valence-corrected chi connectivity index (χ4v) is 3.26. The van der Waals surface area contributed by atoms with Gasteiger partial charge in [0.1, 0.15) is 5.75 Å². The number of amides is 1. The van der Waals surface area contributed by atoms with Crippen molar-refractivity contribution < 1.29 is 14.1 Å². The van der Waals surface area contributed by atoms with E-state index in [1.165, 1.54) is 32.1 Å². The lowest BCUT2D eigenvalue weighted by molar-refractivity contribution is 0.0945. The molecule has 1 aromatic carbocycles. The maximum Gasteiger partial charge on any atom is 0.273 e. The van der Waals surface area contributed by atoms with Gasteiger partial charge in [0, 0.05) is 18.7 Å². The van der Waals surface area contributed by atoms with Crippen molar-refractivity contribution in [2.24, 2.45) is 0 Å². The van der Waals surface area contributed by atoms with E-state index in [0.717, 1.165) is 17.7 Å². The first-order chi connectivity index (χ1) is 12.7. The third-order valence-corrected chi connectivity index (χ3v) is 4.82. The highest BCUT2D eigenvalue weighted by molar-refractivity contribution is 5.92. The van der Waals surface area contributed by atoms with Crippen molar-refractivity contribution >= 4 is 5.91 Å². The molecule has 6 nitrogen and oxygen atoms in total. The van der Waals surface area contributed by atoms with E-state index in [1.54, 1.807) is 13.2 Å². The molecule has 1 heterocycles. The molecule has 2 aromatic rings. The number of hydrogen-bond acceptors (Lipinski definition) is 5. The lowest BCUT2D eigenvalue weighted by Crippen LogP contribution is -2.30. The summed E-state index contributed by atoms with van der Waals surface area (Å²) in [6.07, 6.45) is 7.09. The predicted molar refractivity (Wildman–Crippen MR) is 99.2 cm³/mol. The zero-order chi connectivity index (χ0) is 18.2. The quantitative estimate of drug-likeness (QED) is 0.759. The number of carbonyl (C=O) groups excluding carboxylic acids is 1. The average Bonchev–Trinajstić information content (AvgIpc) is 3.17. The molecule has 1 aromatic heterocycles. The maximum atomic E-state index is 12.2. The summed E-state index contributed by atoms with van der Waals surface area (Å²) in [4.78, 5) is 12.2. The van der Waals surface area contributed by atoms with Crippen LogP contribution in [0.15, 0.2) is 34.9 Å². The summed E-state index contributed by atoms with van der Waals surface area (Å²) in [6, 6.07) is 10.1. The standard InChI is InChI=1S/C20H27N3O3/c1-25-17-9-7-15(8-10-17)11-12-21-20(24)19-13-18(26-23-19)14-22-16-5-3-2-4-6-16/h7-10,13,16,22H,2-6,11-12,14H2,1H3,(H,21,24). The zero-order valence-corrected chi connectivity index (χ0v) is 15.3. The summed E-state index contributed by atoms with van der Waals surface area (Å²) >= 11 is 0. The first-order valence-corrected chi connectivity index (χ1v) is 9.34. The van der Waals surface area contributed by atoms with Crippen molar-refractivity contribution in [3.8, 4) is 5.75 Å². The van der Waals surface area contributed by atoms with Crippen molar-refractivity contribution in [3.05, 3.63) is 47.3 Å². The van der Waals surface area contributed by atoms with Gasteiger partial charge in [-0.1, -0.05) is 36.6 Å². The van der Waals surface area contributed by atoms with Crippen LogP contribution in [0.5, 0.6) is 5.75 Å². The molecular weight excluding hydrogens is 330 g/mol. The molecule has 6 heteroatoms. The van der Waals surface area contributed by atoms with Crippen LogP contribution in [0.4, 0.5) is 0 Å². The van der Waals surface area contributed by atoms with Crippen LogP contribution < -0.4 is 15.4 Å². The Hall–Kier alpha value is -2.34. The van der Waals surface area contributed by atoms with Crippen molar-refractivity contribution in [3.63, 3.8) is 0 Å². The zero-order valence-electron chi connectivity index (χ0n) is 15.3. The lowest BCUT2D eigenvalue weighted by Gasteiger charge is -2.22. The van der Waals surface area contributed by atoms with E-state index in [-0.39, 0.29) is 5.91 Å². The molecule has 140 valence electrons. The van der Waals surface area contributed by atoms with Gasteiger partial charge in [0.25, 0.3) is 5.91 Å². The van der Waals surface area contributed by atoms with Gasteiger partial charge in [-0.2, -0.15) is 0 Å². The molecular formula is C20H27N3O3. The van der Waals surface area contributed by atoms with Crippen LogP contribution >= 0.6 is 0 Å². The number of rotatable bonds is 8. The third-order valence-electron chi connectivity index (χ3n) is 4.82. The van der Waals surface area contributed by atoms with Gasteiger partial charge in [-0.25, -0.2) is 0 Å². The van der Waals surface area contributed by atoms with Crippen LogP contribution in [0.2, 0.25) is 0 Å². The van der Waals surface area contributed by atoms with Gasteiger partial charge in [-0.15, -0.1) is 0 Å². The minimum absolute atomic E-state index is 0.203. The number of methoxy groups -OCH3 is 1. The first-order valence-electron chi connectivity index (χ1n) is 9.34. The second-order valence-corrected chi connectivity index (χ2v) is 6.75. The molecule has 2 N–H and O–H groups in total. The largest absolute Gasteiger partial charge is 0.497 e. The molecule has 0 spiro atoms. The van der Waals surface area contributed by atoms with E-state index >= 15 is 0 Å². The lowest BCUT2D eigenvalue weighted by atomic mass is 9.95. The number of benzene rings is 1. The second kappa shape index (κ2) is 9.38. The normalized spacial score (nSPS) is 15.0. The smallest absolute Gasteiger partial charge is 0.273 e. The Morgan fingerprint density at radius 3 is 2.73 bits per heavy atom. The Bertz CT molecular complexity index is 691. The van der Waals surface area contributed by atoms with E-state index < -0.39 is 0 Å². The van der Waals surface area contributed by atoms with E-state index in [0.29, 0.717) is 30.6 Å². The van der Waals surface area contributed by atoms with Crippen molar-refractivity contribution in [1.29, 1.82) is 0 Å². The summed E-state index contributed by atoms with van der Waals surface area (Å²) in [7, 11) is 1.64. The molecule has 0 atom stereocenters. The number of aromatic nitrogens is 1. The number of nitrogens with zero attached hydrogens (tertiary/aromatic N) is 1. The SMILES string of the molecule is COc1ccc(CCNC(=O)c2cc(CNC3CCCCC3)on2)cc1. The summed E-state index contributed by atoms with van der Waals surface area (Å²) in [6.45, 7) is 1.17. The van der Waals surface area contributed by atoms with Crippen LogP contribution in [0, 0.1) is 0 Å². The summed E-state index contributed by atoms with van der Waals surface area (Å²) < 4.78 is 10.4. The molecule has 1 aliphatic carbocycles. The van der Waals surface area contributed by atoms with Gasteiger partial charge in [0.15, 0.2) is 11.5 Å². The molecule has 0 unspecified atom stereocenters. The fraction of sp³-hybridized carbons (Fsp3) is 0.500. The maximum absolute atomic E-state index is 12.2. The Labute approximate surface area is 154 Å². The van der Waals surface area contributed by atoms with Gasteiger partial charge in [0.2, 0.25) is 0 Å². The van der Waals surface area contributed by atoms with Gasteiger partial charge >= 0.3 is 0 Å². The summed E-state index contributed by atoms with van der Waals surface area (Å²) in [5, 5.41) is 10.3. The van der Waals surface area contributed by atoms with Gasteiger partial charge in [-0.05, 0) is 37.0 Å². The number of carbonyl (C=O) groups is 1. The Kier molecular flexibility index (Phi) is 6.66. The molecule has 1 amide bonds. The molecule has 0 saturated heterocycles. The Morgan fingerprint density at radius 1 is 1.23 bits per heavy atom. The Morgan fingerprint density at radius 2 is 2.00 bits per heavy atom. The molecule has 26 heavy (non-hydrogen) atoms.